The van der Waals surface area contributed by atoms with E-state index in [1.165, 1.54) is 17.4 Å². The highest BCUT2D eigenvalue weighted by atomic mass is 16.5. The summed E-state index contributed by atoms with van der Waals surface area (Å²) in [5.74, 6) is -1.00. The van der Waals surface area contributed by atoms with Crippen molar-refractivity contribution < 1.29 is 14.6 Å². The lowest BCUT2D eigenvalue weighted by Crippen LogP contribution is -2.39. The lowest BCUT2D eigenvalue weighted by molar-refractivity contribution is 0.0515. The molecule has 1 spiro atoms. The van der Waals surface area contributed by atoms with Crippen molar-refractivity contribution in [2.45, 2.75) is 32.6 Å². The number of esters is 1. The molecule has 0 atom stereocenters. The molecule has 1 saturated carbocycles. The fourth-order valence-electron chi connectivity index (χ4n) is 3.06. The largest absolute Gasteiger partial charge is 0.501 e. The maximum Gasteiger partial charge on any atom is 0.361 e. The number of ether oxygens (including phenoxy) is 1. The first-order chi connectivity index (χ1) is 10.5. The number of rotatable bonds is 3. The van der Waals surface area contributed by atoms with Crippen LogP contribution in [0.15, 0.2) is 4.79 Å². The zero-order valence-corrected chi connectivity index (χ0v) is 13.0. The molecule has 7 nitrogen and oxygen atoms in total. The number of aromatic nitrogens is 2. The minimum atomic E-state index is -0.769. The molecule has 0 bridgehead atoms. The first kappa shape index (κ1) is 14.9. The standard InChI is InChI=1S/C15H21N3O4/c1-3-22-13(21)10-11(19)12(20)17(2)14(16-10)18-8-6-15(4-5-15)7-9-18/h19H,3-9H2,1-2H3. The van der Waals surface area contributed by atoms with Crippen LogP contribution in [0.25, 0.3) is 0 Å². The fourth-order valence-corrected chi connectivity index (χ4v) is 3.06. The lowest BCUT2D eigenvalue weighted by atomic mass is 9.94. The molecule has 120 valence electrons. The summed E-state index contributed by atoms with van der Waals surface area (Å²) in [6, 6.07) is 0. The fraction of sp³-hybridized carbons (Fsp3) is 0.667. The maximum absolute atomic E-state index is 12.1. The summed E-state index contributed by atoms with van der Waals surface area (Å²) < 4.78 is 6.16. The second-order valence-electron chi connectivity index (χ2n) is 6.18. The van der Waals surface area contributed by atoms with Gasteiger partial charge in [-0.05, 0) is 38.0 Å². The van der Waals surface area contributed by atoms with Crippen molar-refractivity contribution in [2.75, 3.05) is 24.6 Å². The number of carbonyl (C=O) groups is 1. The summed E-state index contributed by atoms with van der Waals surface area (Å²) in [7, 11) is 1.56. The number of anilines is 1. The summed E-state index contributed by atoms with van der Waals surface area (Å²) in [6.07, 6.45) is 4.74. The predicted octanol–water partition coefficient (Wildman–Crippen LogP) is 1.04. The van der Waals surface area contributed by atoms with Gasteiger partial charge in [0.2, 0.25) is 11.7 Å². The van der Waals surface area contributed by atoms with Gasteiger partial charge in [-0.3, -0.25) is 9.36 Å². The Balaban J connectivity index is 1.93. The minimum Gasteiger partial charge on any atom is -0.501 e. The summed E-state index contributed by atoms with van der Waals surface area (Å²) in [5, 5.41) is 9.88. The van der Waals surface area contributed by atoms with Crippen LogP contribution in [-0.2, 0) is 11.8 Å². The molecule has 22 heavy (non-hydrogen) atoms. The molecule has 2 heterocycles. The van der Waals surface area contributed by atoms with E-state index in [-0.39, 0.29) is 12.3 Å². The minimum absolute atomic E-state index is 0.163. The van der Waals surface area contributed by atoms with E-state index in [4.69, 9.17) is 4.74 Å². The number of aromatic hydroxyl groups is 1. The van der Waals surface area contributed by atoms with Gasteiger partial charge in [0.05, 0.1) is 6.61 Å². The second kappa shape index (κ2) is 5.30. The Morgan fingerprint density at radius 2 is 1.95 bits per heavy atom. The molecule has 1 aromatic heterocycles. The molecule has 1 aliphatic carbocycles. The van der Waals surface area contributed by atoms with Crippen LogP contribution in [0.5, 0.6) is 5.75 Å². The average Bonchev–Trinajstić information content (AvgIpc) is 3.26. The summed E-state index contributed by atoms with van der Waals surface area (Å²) in [4.78, 5) is 30.2. The van der Waals surface area contributed by atoms with E-state index in [9.17, 15) is 14.7 Å². The molecule has 3 rings (SSSR count). The van der Waals surface area contributed by atoms with E-state index in [0.29, 0.717) is 11.4 Å². The molecule has 0 radical (unpaired) electrons. The van der Waals surface area contributed by atoms with Crippen molar-refractivity contribution in [1.29, 1.82) is 0 Å². The Hall–Kier alpha value is -2.05. The lowest BCUT2D eigenvalue weighted by Gasteiger charge is -2.33. The summed E-state index contributed by atoms with van der Waals surface area (Å²) >= 11 is 0. The molecule has 0 aromatic carbocycles. The van der Waals surface area contributed by atoms with E-state index in [1.807, 2.05) is 4.90 Å². The average molecular weight is 307 g/mol. The van der Waals surface area contributed by atoms with Crippen LogP contribution in [0.1, 0.15) is 43.1 Å². The van der Waals surface area contributed by atoms with Crippen molar-refractivity contribution >= 4 is 11.9 Å². The molecule has 1 N–H and O–H groups in total. The van der Waals surface area contributed by atoms with Gasteiger partial charge in [0.1, 0.15) is 0 Å². The van der Waals surface area contributed by atoms with Gasteiger partial charge in [-0.1, -0.05) is 0 Å². The quantitative estimate of drug-likeness (QED) is 0.840. The Kier molecular flexibility index (Phi) is 3.58. The van der Waals surface area contributed by atoms with E-state index in [2.05, 4.69) is 4.98 Å². The van der Waals surface area contributed by atoms with Crippen LogP contribution in [0, 0.1) is 5.41 Å². The maximum atomic E-state index is 12.1. The molecule has 2 fully saturated rings. The van der Waals surface area contributed by atoms with Crippen molar-refractivity contribution in [2.24, 2.45) is 12.5 Å². The Labute approximate surface area is 128 Å². The highest BCUT2D eigenvalue weighted by molar-refractivity contribution is 5.90. The van der Waals surface area contributed by atoms with Crippen LogP contribution < -0.4 is 10.5 Å². The van der Waals surface area contributed by atoms with Gasteiger partial charge in [-0.15, -0.1) is 0 Å². The molecule has 1 aromatic rings. The third kappa shape index (κ3) is 2.44. The molecular formula is C15H21N3O4. The third-order valence-electron chi connectivity index (χ3n) is 4.78. The molecule has 0 unspecified atom stereocenters. The number of carbonyl (C=O) groups excluding carboxylic acids is 1. The van der Waals surface area contributed by atoms with Crippen LogP contribution >= 0.6 is 0 Å². The summed E-state index contributed by atoms with van der Waals surface area (Å²) in [5.41, 5.74) is -0.414. The van der Waals surface area contributed by atoms with Crippen LogP contribution in [0.2, 0.25) is 0 Å². The number of piperidine rings is 1. The Bertz CT molecular complexity index is 653. The zero-order valence-electron chi connectivity index (χ0n) is 13.0. The van der Waals surface area contributed by atoms with E-state index < -0.39 is 17.3 Å². The van der Waals surface area contributed by atoms with Crippen molar-refractivity contribution in [3.05, 3.63) is 16.0 Å². The van der Waals surface area contributed by atoms with Crippen molar-refractivity contribution in [3.63, 3.8) is 0 Å². The smallest absolute Gasteiger partial charge is 0.361 e. The molecule has 1 aliphatic heterocycles. The van der Waals surface area contributed by atoms with Gasteiger partial charge in [0.25, 0.3) is 5.56 Å². The molecule has 7 heteroatoms. The number of hydrogen-bond acceptors (Lipinski definition) is 6. The van der Waals surface area contributed by atoms with Gasteiger partial charge in [-0.25, -0.2) is 9.78 Å². The summed E-state index contributed by atoms with van der Waals surface area (Å²) in [6.45, 7) is 3.45. The second-order valence-corrected chi connectivity index (χ2v) is 6.18. The first-order valence-electron chi connectivity index (χ1n) is 7.69. The van der Waals surface area contributed by atoms with Crippen LogP contribution in [-0.4, -0.2) is 40.3 Å². The Morgan fingerprint density at radius 1 is 1.32 bits per heavy atom. The van der Waals surface area contributed by atoms with Crippen LogP contribution in [0.3, 0.4) is 0 Å². The normalized spacial score (nSPS) is 19.3. The monoisotopic (exact) mass is 307 g/mol. The van der Waals surface area contributed by atoms with Gasteiger partial charge in [0, 0.05) is 20.1 Å². The topological polar surface area (TPSA) is 84.7 Å². The van der Waals surface area contributed by atoms with Crippen molar-refractivity contribution in [1.82, 2.24) is 9.55 Å². The van der Waals surface area contributed by atoms with Crippen LogP contribution in [0.4, 0.5) is 5.95 Å². The highest BCUT2D eigenvalue weighted by Crippen LogP contribution is 2.53. The number of hydrogen-bond donors (Lipinski definition) is 1. The zero-order chi connectivity index (χ0) is 15.9. The SMILES string of the molecule is CCOC(=O)c1nc(N2CCC3(CC2)CC3)n(C)c(=O)c1O. The molecular weight excluding hydrogens is 286 g/mol. The van der Waals surface area contributed by atoms with Gasteiger partial charge in [-0.2, -0.15) is 0 Å². The van der Waals surface area contributed by atoms with Gasteiger partial charge >= 0.3 is 5.97 Å². The van der Waals surface area contributed by atoms with Gasteiger partial charge in [0.15, 0.2) is 5.69 Å². The molecule has 2 aliphatic rings. The molecule has 1 saturated heterocycles. The third-order valence-corrected chi connectivity index (χ3v) is 4.78. The van der Waals surface area contributed by atoms with Gasteiger partial charge < -0.3 is 14.7 Å². The Morgan fingerprint density at radius 3 is 2.50 bits per heavy atom. The van der Waals surface area contributed by atoms with E-state index in [0.717, 1.165) is 25.9 Å². The van der Waals surface area contributed by atoms with E-state index in [1.54, 1.807) is 14.0 Å². The van der Waals surface area contributed by atoms with Crippen molar-refractivity contribution in [3.8, 4) is 5.75 Å². The molecule has 0 amide bonds. The van der Waals surface area contributed by atoms with E-state index >= 15 is 0 Å². The number of nitrogens with zero attached hydrogens (tertiary/aromatic N) is 3. The first-order valence-corrected chi connectivity index (χ1v) is 7.69. The predicted molar refractivity (Wildman–Crippen MR) is 80.2 cm³/mol. The highest BCUT2D eigenvalue weighted by Gasteiger charge is 2.45.